The van der Waals surface area contributed by atoms with E-state index in [1.54, 1.807) is 13.0 Å². The first-order chi connectivity index (χ1) is 10.0. The number of carbonyl (C=O) groups excluding carboxylic acids is 1. The lowest BCUT2D eigenvalue weighted by atomic mass is 10.2. The van der Waals surface area contributed by atoms with Crippen molar-refractivity contribution in [2.75, 3.05) is 12.3 Å². The summed E-state index contributed by atoms with van der Waals surface area (Å²) >= 11 is 5.90. The number of nitrogens with two attached hydrogens (primary N) is 1. The third-order valence-corrected chi connectivity index (χ3v) is 2.91. The maximum absolute atomic E-state index is 13.0. The van der Waals surface area contributed by atoms with Gasteiger partial charge in [0.05, 0.1) is 11.6 Å². The minimum atomic E-state index is -0.557. The first kappa shape index (κ1) is 15.1. The van der Waals surface area contributed by atoms with Crippen LogP contribution in [0.5, 0.6) is 11.5 Å². The molecule has 0 aromatic heterocycles. The lowest BCUT2D eigenvalue weighted by Gasteiger charge is -2.12. The van der Waals surface area contributed by atoms with Crippen molar-refractivity contribution in [2.45, 2.75) is 6.92 Å². The Bertz CT molecular complexity index is 676. The molecule has 2 N–H and O–H groups in total. The Balaban J connectivity index is 2.37. The van der Waals surface area contributed by atoms with E-state index in [9.17, 15) is 9.18 Å². The predicted octanol–water partition coefficient (Wildman–Crippen LogP) is 4.03. The SMILES string of the molecule is CCOC(=O)c1cc(N)ccc1Oc1ccc(F)cc1Cl. The molecule has 0 amide bonds. The van der Waals surface area contributed by atoms with E-state index < -0.39 is 11.8 Å². The van der Waals surface area contributed by atoms with Crippen LogP contribution in [0, 0.1) is 5.82 Å². The van der Waals surface area contributed by atoms with Crippen LogP contribution in [0.15, 0.2) is 36.4 Å². The first-order valence-electron chi connectivity index (χ1n) is 6.20. The van der Waals surface area contributed by atoms with Gasteiger partial charge in [0.15, 0.2) is 0 Å². The second-order valence-electron chi connectivity index (χ2n) is 4.15. The number of hydrogen-bond acceptors (Lipinski definition) is 4. The van der Waals surface area contributed by atoms with Crippen molar-refractivity contribution < 1.29 is 18.7 Å². The van der Waals surface area contributed by atoms with E-state index in [0.29, 0.717) is 5.69 Å². The Morgan fingerprint density at radius 1 is 1.24 bits per heavy atom. The van der Waals surface area contributed by atoms with E-state index in [4.69, 9.17) is 26.8 Å². The molecule has 2 aromatic rings. The van der Waals surface area contributed by atoms with E-state index in [1.165, 1.54) is 24.3 Å². The second kappa shape index (κ2) is 6.45. The number of esters is 1. The van der Waals surface area contributed by atoms with Gasteiger partial charge in [-0.3, -0.25) is 0 Å². The normalized spacial score (nSPS) is 10.2. The minimum absolute atomic E-state index is 0.0987. The largest absolute Gasteiger partial charge is 0.462 e. The monoisotopic (exact) mass is 309 g/mol. The molecule has 0 aliphatic carbocycles. The Morgan fingerprint density at radius 3 is 2.62 bits per heavy atom. The molecule has 0 spiro atoms. The van der Waals surface area contributed by atoms with Gasteiger partial charge in [0.2, 0.25) is 0 Å². The van der Waals surface area contributed by atoms with Gasteiger partial charge in [0.25, 0.3) is 0 Å². The van der Waals surface area contributed by atoms with Gasteiger partial charge in [0, 0.05) is 5.69 Å². The number of hydrogen-bond donors (Lipinski definition) is 1. The van der Waals surface area contributed by atoms with Crippen LogP contribution >= 0.6 is 11.6 Å². The van der Waals surface area contributed by atoms with Gasteiger partial charge in [-0.1, -0.05) is 11.6 Å². The molecule has 0 saturated carbocycles. The fraction of sp³-hybridized carbons (Fsp3) is 0.133. The molecule has 0 aliphatic rings. The zero-order valence-corrected chi connectivity index (χ0v) is 12.0. The molecule has 21 heavy (non-hydrogen) atoms. The molecule has 0 heterocycles. The Hall–Kier alpha value is -2.27. The van der Waals surface area contributed by atoms with Crippen LogP contribution in [-0.2, 0) is 4.74 Å². The Kier molecular flexibility index (Phi) is 4.65. The van der Waals surface area contributed by atoms with E-state index in [-0.39, 0.29) is 28.7 Å². The number of nitrogen functional groups attached to an aromatic ring is 1. The van der Waals surface area contributed by atoms with Gasteiger partial charge in [0.1, 0.15) is 22.9 Å². The third-order valence-electron chi connectivity index (χ3n) is 2.61. The zero-order valence-electron chi connectivity index (χ0n) is 11.2. The fourth-order valence-corrected chi connectivity index (χ4v) is 1.89. The molecule has 0 aliphatic heterocycles. The molecule has 0 fully saturated rings. The van der Waals surface area contributed by atoms with E-state index in [1.807, 2.05) is 0 Å². The van der Waals surface area contributed by atoms with Crippen LogP contribution in [0.25, 0.3) is 0 Å². The summed E-state index contributed by atoms with van der Waals surface area (Å²) in [6.45, 7) is 1.92. The predicted molar refractivity (Wildman–Crippen MR) is 78.3 cm³/mol. The molecular formula is C15H13ClFNO3. The van der Waals surface area contributed by atoms with Crippen LogP contribution < -0.4 is 10.5 Å². The zero-order chi connectivity index (χ0) is 15.4. The average Bonchev–Trinajstić information content (AvgIpc) is 2.43. The van der Waals surface area contributed by atoms with Gasteiger partial charge in [-0.2, -0.15) is 0 Å². The topological polar surface area (TPSA) is 61.5 Å². The lowest BCUT2D eigenvalue weighted by molar-refractivity contribution is 0.0523. The average molecular weight is 310 g/mol. The first-order valence-corrected chi connectivity index (χ1v) is 6.58. The van der Waals surface area contributed by atoms with Crippen LogP contribution in [0.4, 0.5) is 10.1 Å². The second-order valence-corrected chi connectivity index (χ2v) is 4.56. The van der Waals surface area contributed by atoms with Gasteiger partial charge >= 0.3 is 5.97 Å². The molecule has 0 saturated heterocycles. The van der Waals surface area contributed by atoms with Gasteiger partial charge in [-0.25, -0.2) is 9.18 Å². The van der Waals surface area contributed by atoms with Crippen LogP contribution in [0.1, 0.15) is 17.3 Å². The summed E-state index contributed by atoms with van der Waals surface area (Å²) < 4.78 is 23.5. The molecule has 0 unspecified atom stereocenters. The highest BCUT2D eigenvalue weighted by atomic mass is 35.5. The summed E-state index contributed by atoms with van der Waals surface area (Å²) in [5.41, 5.74) is 6.24. The summed E-state index contributed by atoms with van der Waals surface area (Å²) in [6.07, 6.45) is 0. The molecule has 0 atom stereocenters. The number of halogens is 2. The molecule has 2 aromatic carbocycles. The maximum atomic E-state index is 13.0. The number of ether oxygens (including phenoxy) is 2. The standard InChI is InChI=1S/C15H13ClFNO3/c1-2-20-15(19)11-8-10(18)4-6-13(11)21-14-5-3-9(17)7-12(14)16/h3-8H,2,18H2,1H3. The summed E-state index contributed by atoms with van der Waals surface area (Å²) in [5.74, 6) is -0.571. The van der Waals surface area contributed by atoms with E-state index >= 15 is 0 Å². The highest BCUT2D eigenvalue weighted by Gasteiger charge is 2.16. The molecule has 0 bridgehead atoms. The van der Waals surface area contributed by atoms with Crippen molar-refractivity contribution >= 4 is 23.3 Å². The molecule has 2 rings (SSSR count). The third kappa shape index (κ3) is 3.64. The summed E-state index contributed by atoms with van der Waals surface area (Å²) in [7, 11) is 0. The van der Waals surface area contributed by atoms with Crippen LogP contribution in [0.2, 0.25) is 5.02 Å². The Labute approximate surface area is 126 Å². The quantitative estimate of drug-likeness (QED) is 0.684. The van der Waals surface area contributed by atoms with Gasteiger partial charge in [-0.15, -0.1) is 0 Å². The van der Waals surface area contributed by atoms with Crippen molar-refractivity contribution in [1.29, 1.82) is 0 Å². The lowest BCUT2D eigenvalue weighted by Crippen LogP contribution is -2.07. The number of anilines is 1. The maximum Gasteiger partial charge on any atom is 0.342 e. The number of benzene rings is 2. The summed E-state index contributed by atoms with van der Waals surface area (Å²) in [5, 5.41) is 0.0987. The molecule has 4 nitrogen and oxygen atoms in total. The highest BCUT2D eigenvalue weighted by molar-refractivity contribution is 6.32. The van der Waals surface area contributed by atoms with Crippen molar-refractivity contribution in [3.05, 3.63) is 52.8 Å². The van der Waals surface area contributed by atoms with Crippen LogP contribution in [0.3, 0.4) is 0 Å². The number of carbonyl (C=O) groups is 1. The van der Waals surface area contributed by atoms with Crippen molar-refractivity contribution in [2.24, 2.45) is 0 Å². The summed E-state index contributed by atoms with van der Waals surface area (Å²) in [4.78, 5) is 11.9. The van der Waals surface area contributed by atoms with E-state index in [0.717, 1.165) is 6.07 Å². The van der Waals surface area contributed by atoms with Gasteiger partial charge in [-0.05, 0) is 43.3 Å². The molecule has 6 heteroatoms. The number of rotatable bonds is 4. The Morgan fingerprint density at radius 2 is 1.95 bits per heavy atom. The van der Waals surface area contributed by atoms with Crippen molar-refractivity contribution in [1.82, 2.24) is 0 Å². The minimum Gasteiger partial charge on any atom is -0.462 e. The molecular weight excluding hydrogens is 297 g/mol. The smallest absolute Gasteiger partial charge is 0.342 e. The van der Waals surface area contributed by atoms with Crippen LogP contribution in [-0.4, -0.2) is 12.6 Å². The van der Waals surface area contributed by atoms with Gasteiger partial charge < -0.3 is 15.2 Å². The van der Waals surface area contributed by atoms with E-state index in [2.05, 4.69) is 0 Å². The van der Waals surface area contributed by atoms with Crippen molar-refractivity contribution in [3.8, 4) is 11.5 Å². The van der Waals surface area contributed by atoms with Crippen molar-refractivity contribution in [3.63, 3.8) is 0 Å². The summed E-state index contributed by atoms with van der Waals surface area (Å²) in [6, 6.07) is 8.27. The highest BCUT2D eigenvalue weighted by Crippen LogP contribution is 2.32. The molecule has 0 radical (unpaired) electrons. The molecule has 110 valence electrons. The fourth-order valence-electron chi connectivity index (χ4n) is 1.68.